The van der Waals surface area contributed by atoms with Crippen molar-refractivity contribution in [2.24, 2.45) is 0 Å². The number of para-hydroxylation sites is 1. The third-order valence-corrected chi connectivity index (χ3v) is 4.09. The van der Waals surface area contributed by atoms with E-state index in [-0.39, 0.29) is 17.9 Å². The molecule has 0 saturated carbocycles. The van der Waals surface area contributed by atoms with E-state index in [0.29, 0.717) is 11.3 Å². The minimum atomic E-state index is -3.03. The smallest absolute Gasteiger partial charge is 0.387 e. The summed E-state index contributed by atoms with van der Waals surface area (Å²) in [5.41, 5.74) is 0.791. The van der Waals surface area contributed by atoms with Crippen molar-refractivity contribution in [3.8, 4) is 11.5 Å². The van der Waals surface area contributed by atoms with E-state index < -0.39 is 18.0 Å². The first-order valence-electron chi connectivity index (χ1n) is 8.74. The quantitative estimate of drug-likeness (QED) is 0.417. The van der Waals surface area contributed by atoms with E-state index in [0.717, 1.165) is 23.8 Å². The van der Waals surface area contributed by atoms with Crippen molar-refractivity contribution in [2.45, 2.75) is 26.4 Å². The molecule has 3 aromatic rings. The van der Waals surface area contributed by atoms with Gasteiger partial charge in [-0.15, -0.1) is 0 Å². The van der Waals surface area contributed by atoms with Gasteiger partial charge in [-0.1, -0.05) is 25.5 Å². The van der Waals surface area contributed by atoms with Crippen LogP contribution in [0.5, 0.6) is 11.5 Å². The third kappa shape index (κ3) is 4.54. The van der Waals surface area contributed by atoms with Crippen LogP contribution in [0.25, 0.3) is 11.0 Å². The molecule has 0 N–H and O–H groups in total. The Balaban J connectivity index is 1.79. The number of hydrogen-bond donors (Lipinski definition) is 0. The number of Topliss-reactive ketones (excluding diaryl/α,β-unsaturated/α-hetero) is 1. The Labute approximate surface area is 159 Å². The average Bonchev–Trinajstić information content (AvgIpc) is 2.66. The number of ether oxygens (including phenoxy) is 2. The van der Waals surface area contributed by atoms with Crippen molar-refractivity contribution in [3.63, 3.8) is 0 Å². The third-order valence-electron chi connectivity index (χ3n) is 4.09. The molecule has 0 aliphatic heterocycles. The van der Waals surface area contributed by atoms with E-state index in [1.165, 1.54) is 30.3 Å². The molecule has 0 fully saturated rings. The van der Waals surface area contributed by atoms with Gasteiger partial charge in [0.05, 0.1) is 5.56 Å². The Morgan fingerprint density at radius 3 is 2.68 bits per heavy atom. The molecular formula is C21H18F2O5. The molecule has 146 valence electrons. The summed E-state index contributed by atoms with van der Waals surface area (Å²) in [6.45, 7) is -1.40. The Morgan fingerprint density at radius 1 is 1.14 bits per heavy atom. The van der Waals surface area contributed by atoms with Crippen molar-refractivity contribution < 1.29 is 27.5 Å². The fourth-order valence-corrected chi connectivity index (χ4v) is 2.90. The fourth-order valence-electron chi connectivity index (χ4n) is 2.90. The molecule has 0 atom stereocenters. The lowest BCUT2D eigenvalue weighted by Crippen LogP contribution is -2.14. The lowest BCUT2D eigenvalue weighted by molar-refractivity contribution is -0.0501. The van der Waals surface area contributed by atoms with Crippen molar-refractivity contribution in [1.82, 2.24) is 0 Å². The van der Waals surface area contributed by atoms with E-state index in [2.05, 4.69) is 4.74 Å². The van der Waals surface area contributed by atoms with Gasteiger partial charge in [0.1, 0.15) is 17.1 Å². The Bertz CT molecular complexity index is 1040. The Kier molecular flexibility index (Phi) is 6.03. The summed E-state index contributed by atoms with van der Waals surface area (Å²) in [6, 6.07) is 12.1. The molecule has 0 aliphatic rings. The first kappa shape index (κ1) is 19.5. The summed E-state index contributed by atoms with van der Waals surface area (Å²) in [4.78, 5) is 24.1. The summed E-state index contributed by atoms with van der Waals surface area (Å²) in [7, 11) is 0. The summed E-state index contributed by atoms with van der Waals surface area (Å²) in [6.07, 6.45) is 1.62. The van der Waals surface area contributed by atoms with Gasteiger partial charge in [-0.3, -0.25) is 4.79 Å². The predicted molar refractivity (Wildman–Crippen MR) is 99.4 cm³/mol. The molecule has 2 aromatic carbocycles. The second-order valence-electron chi connectivity index (χ2n) is 6.09. The van der Waals surface area contributed by atoms with Crippen molar-refractivity contribution in [1.29, 1.82) is 0 Å². The average molecular weight is 388 g/mol. The van der Waals surface area contributed by atoms with Crippen LogP contribution in [0.4, 0.5) is 8.78 Å². The maximum atomic E-state index is 12.5. The number of alkyl halides is 2. The van der Waals surface area contributed by atoms with Crippen molar-refractivity contribution >= 4 is 16.8 Å². The van der Waals surface area contributed by atoms with Crippen LogP contribution in [0.1, 0.15) is 29.3 Å². The number of hydrogen-bond acceptors (Lipinski definition) is 5. The van der Waals surface area contributed by atoms with E-state index in [9.17, 15) is 18.4 Å². The molecule has 0 bridgehead atoms. The lowest BCUT2D eigenvalue weighted by atomic mass is 10.1. The number of ketones is 1. The number of fused-ring (bicyclic) bond motifs is 1. The molecule has 0 spiro atoms. The zero-order chi connectivity index (χ0) is 20.1. The van der Waals surface area contributed by atoms with Crippen LogP contribution in [0.3, 0.4) is 0 Å². The van der Waals surface area contributed by atoms with Crippen LogP contribution >= 0.6 is 0 Å². The topological polar surface area (TPSA) is 65.7 Å². The highest BCUT2D eigenvalue weighted by Crippen LogP contribution is 2.25. The van der Waals surface area contributed by atoms with Gasteiger partial charge in [-0.05, 0) is 36.2 Å². The van der Waals surface area contributed by atoms with Crippen LogP contribution in [-0.2, 0) is 6.42 Å². The first-order valence-corrected chi connectivity index (χ1v) is 8.74. The molecule has 5 nitrogen and oxygen atoms in total. The second-order valence-corrected chi connectivity index (χ2v) is 6.09. The number of carbonyl (C=O) groups excluding carboxylic acids is 1. The van der Waals surface area contributed by atoms with E-state index in [4.69, 9.17) is 9.15 Å². The molecule has 3 rings (SSSR count). The maximum Gasteiger partial charge on any atom is 0.387 e. The molecule has 0 amide bonds. The summed E-state index contributed by atoms with van der Waals surface area (Å²) >= 11 is 0. The standard InChI is InChI=1S/C21H18F2O5/c1-2-5-13-10-20(25)27-19-11-14(8-9-15(13)19)26-12-17(24)16-6-3-4-7-18(16)28-21(22)23/h3-4,6-11,21H,2,5,12H2,1H3. The molecule has 1 heterocycles. The number of rotatable bonds is 8. The molecule has 0 aliphatic carbocycles. The van der Waals surface area contributed by atoms with E-state index >= 15 is 0 Å². The SMILES string of the molecule is CCCc1cc(=O)oc2cc(OCC(=O)c3ccccc3OC(F)F)ccc12. The minimum Gasteiger partial charge on any atom is -0.485 e. The zero-order valence-electron chi connectivity index (χ0n) is 15.1. The highest BCUT2D eigenvalue weighted by Gasteiger charge is 2.16. The summed E-state index contributed by atoms with van der Waals surface area (Å²) in [5.74, 6) is -0.401. The van der Waals surface area contributed by atoms with Crippen molar-refractivity contribution in [2.75, 3.05) is 6.61 Å². The molecule has 0 radical (unpaired) electrons. The normalized spacial score (nSPS) is 11.0. The van der Waals surface area contributed by atoms with Gasteiger partial charge in [0.15, 0.2) is 6.61 Å². The van der Waals surface area contributed by atoms with E-state index in [1.54, 1.807) is 18.2 Å². The van der Waals surface area contributed by atoms with Gasteiger partial charge < -0.3 is 13.9 Å². The zero-order valence-corrected chi connectivity index (χ0v) is 15.1. The molecule has 7 heteroatoms. The molecule has 0 unspecified atom stereocenters. The van der Waals surface area contributed by atoms with Gasteiger partial charge in [0.25, 0.3) is 0 Å². The Hall–Kier alpha value is -3.22. The highest BCUT2D eigenvalue weighted by molar-refractivity contribution is 5.99. The summed E-state index contributed by atoms with van der Waals surface area (Å²) < 4.78 is 40.0. The fraction of sp³-hybridized carbons (Fsp3) is 0.238. The van der Waals surface area contributed by atoms with E-state index in [1.807, 2.05) is 6.92 Å². The second kappa shape index (κ2) is 8.65. The van der Waals surface area contributed by atoms with Crippen LogP contribution in [0.15, 0.2) is 57.7 Å². The first-order chi connectivity index (χ1) is 13.5. The molecule has 1 aromatic heterocycles. The molecule has 28 heavy (non-hydrogen) atoms. The van der Waals surface area contributed by atoms with Crippen LogP contribution in [0.2, 0.25) is 0 Å². The Morgan fingerprint density at radius 2 is 1.93 bits per heavy atom. The largest absolute Gasteiger partial charge is 0.485 e. The lowest BCUT2D eigenvalue weighted by Gasteiger charge is -2.11. The van der Waals surface area contributed by atoms with Crippen LogP contribution in [-0.4, -0.2) is 19.0 Å². The van der Waals surface area contributed by atoms with Gasteiger partial charge in [0.2, 0.25) is 5.78 Å². The highest BCUT2D eigenvalue weighted by atomic mass is 19.3. The van der Waals surface area contributed by atoms with Gasteiger partial charge in [0, 0.05) is 17.5 Å². The maximum absolute atomic E-state index is 12.5. The number of benzene rings is 2. The van der Waals surface area contributed by atoms with Gasteiger partial charge in [-0.25, -0.2) is 4.79 Å². The molecular weight excluding hydrogens is 370 g/mol. The summed E-state index contributed by atoms with van der Waals surface area (Å²) in [5, 5.41) is 0.802. The van der Waals surface area contributed by atoms with Gasteiger partial charge >= 0.3 is 12.2 Å². The molecule has 0 saturated heterocycles. The number of halogens is 2. The number of aryl methyl sites for hydroxylation is 1. The minimum absolute atomic E-state index is 0.000327. The number of carbonyl (C=O) groups is 1. The van der Waals surface area contributed by atoms with Crippen LogP contribution in [0, 0.1) is 0 Å². The van der Waals surface area contributed by atoms with Gasteiger partial charge in [-0.2, -0.15) is 8.78 Å². The monoisotopic (exact) mass is 388 g/mol. The van der Waals surface area contributed by atoms with Crippen LogP contribution < -0.4 is 15.1 Å². The predicted octanol–water partition coefficient (Wildman–Crippen LogP) is 4.61. The van der Waals surface area contributed by atoms with Crippen molar-refractivity contribution in [3.05, 3.63) is 70.1 Å².